The third-order valence-electron chi connectivity index (χ3n) is 5.99. The lowest BCUT2D eigenvalue weighted by Crippen LogP contribution is -2.58. The number of aliphatic hydroxyl groups is 1. The number of hydrogen-bond acceptors (Lipinski definition) is 7. The third-order valence-corrected chi connectivity index (χ3v) is 6.96. The molecule has 1 fully saturated rings. The van der Waals surface area contributed by atoms with Crippen molar-refractivity contribution in [3.05, 3.63) is 41.0 Å². The number of carbonyl (C=O) groups is 3. The average molecular weight is 503 g/mol. The van der Waals surface area contributed by atoms with Gasteiger partial charge >= 0.3 is 0 Å². The maximum atomic E-state index is 13.4. The maximum Gasteiger partial charge on any atom is 0.246 e. The Labute approximate surface area is 209 Å². The average Bonchev–Trinajstić information content (AvgIpc) is 3.40. The number of carbonyl (C=O) groups excluding carboxylic acids is 3. The van der Waals surface area contributed by atoms with Gasteiger partial charge in [-0.1, -0.05) is 45.0 Å². The molecule has 1 aliphatic rings. The molecule has 1 unspecified atom stereocenters. The standard InChI is InChI=1S/C25H34N4O5S/c1-15-21(35-14-27-15)17-8-6-16(7-9-17)11-26-23(32)19-10-18(30)12-29(19)24(33)22(25(2,3)4)28-20(31)13-34-5/h6-9,14,18-19,22,30H,10-13H2,1-5H3,(H,26,32)(H,28,31)/t18-,19+,22?/m1/s1. The molecule has 35 heavy (non-hydrogen) atoms. The lowest BCUT2D eigenvalue weighted by atomic mass is 9.85. The number of nitrogens with one attached hydrogen (secondary N) is 2. The van der Waals surface area contributed by atoms with Crippen LogP contribution in [0, 0.1) is 12.3 Å². The van der Waals surface area contributed by atoms with Crippen LogP contribution in [0.3, 0.4) is 0 Å². The molecule has 0 spiro atoms. The van der Waals surface area contributed by atoms with Crippen LogP contribution < -0.4 is 10.6 Å². The number of rotatable bonds is 8. The van der Waals surface area contributed by atoms with E-state index in [1.165, 1.54) is 12.0 Å². The molecule has 0 radical (unpaired) electrons. The second-order valence-corrected chi connectivity index (χ2v) is 10.7. The SMILES string of the molecule is COCC(=O)NC(C(=O)N1C[C@H](O)C[C@H]1C(=O)NCc1ccc(-c2scnc2C)cc1)C(C)(C)C. The van der Waals surface area contributed by atoms with E-state index in [0.29, 0.717) is 6.54 Å². The van der Waals surface area contributed by atoms with Gasteiger partial charge in [0.15, 0.2) is 0 Å². The van der Waals surface area contributed by atoms with Crippen LogP contribution in [0.1, 0.15) is 38.4 Å². The first-order valence-electron chi connectivity index (χ1n) is 11.5. The van der Waals surface area contributed by atoms with Gasteiger partial charge in [-0.2, -0.15) is 0 Å². The molecule has 9 nitrogen and oxygen atoms in total. The van der Waals surface area contributed by atoms with Crippen LogP contribution in [-0.2, 0) is 25.7 Å². The first-order chi connectivity index (χ1) is 16.5. The van der Waals surface area contributed by atoms with E-state index in [-0.39, 0.29) is 25.5 Å². The van der Waals surface area contributed by atoms with Crippen LogP contribution in [0.5, 0.6) is 0 Å². The molecule has 1 aliphatic heterocycles. The highest BCUT2D eigenvalue weighted by atomic mass is 32.1. The van der Waals surface area contributed by atoms with Crippen LogP contribution in [0.2, 0.25) is 0 Å². The summed E-state index contributed by atoms with van der Waals surface area (Å²) in [4.78, 5) is 45.4. The Balaban J connectivity index is 1.67. The fourth-order valence-corrected chi connectivity index (χ4v) is 4.93. The van der Waals surface area contributed by atoms with Crippen LogP contribution in [0.15, 0.2) is 29.8 Å². The number of nitrogens with zero attached hydrogens (tertiary/aromatic N) is 2. The summed E-state index contributed by atoms with van der Waals surface area (Å²) in [6, 6.07) is 6.19. The van der Waals surface area contributed by atoms with Crippen LogP contribution in [0.4, 0.5) is 0 Å². The van der Waals surface area contributed by atoms with Crippen molar-refractivity contribution in [2.24, 2.45) is 5.41 Å². The molecule has 0 bridgehead atoms. The zero-order valence-corrected chi connectivity index (χ0v) is 21.6. The zero-order valence-electron chi connectivity index (χ0n) is 20.8. The van der Waals surface area contributed by atoms with Gasteiger partial charge in [-0.15, -0.1) is 11.3 Å². The van der Waals surface area contributed by atoms with Crippen molar-refractivity contribution in [3.8, 4) is 10.4 Å². The van der Waals surface area contributed by atoms with Gasteiger partial charge in [0.25, 0.3) is 0 Å². The summed E-state index contributed by atoms with van der Waals surface area (Å²) in [5.41, 5.74) is 4.18. The van der Waals surface area contributed by atoms with E-state index in [4.69, 9.17) is 4.74 Å². The maximum absolute atomic E-state index is 13.4. The number of methoxy groups -OCH3 is 1. The number of hydrogen-bond donors (Lipinski definition) is 3. The van der Waals surface area contributed by atoms with Gasteiger partial charge in [-0.3, -0.25) is 14.4 Å². The summed E-state index contributed by atoms with van der Waals surface area (Å²) < 4.78 is 4.86. The number of aliphatic hydroxyl groups excluding tert-OH is 1. The highest BCUT2D eigenvalue weighted by Gasteiger charge is 2.44. The molecule has 2 heterocycles. The van der Waals surface area contributed by atoms with Crippen molar-refractivity contribution in [3.63, 3.8) is 0 Å². The molecule has 1 aromatic heterocycles. The number of thiazole rings is 1. The minimum atomic E-state index is -0.867. The number of aromatic nitrogens is 1. The molecule has 3 atom stereocenters. The van der Waals surface area contributed by atoms with Crippen molar-refractivity contribution in [1.82, 2.24) is 20.5 Å². The normalized spacial score (nSPS) is 18.9. The molecule has 2 aromatic rings. The molecule has 3 amide bonds. The number of likely N-dealkylation sites (tertiary alicyclic amines) is 1. The highest BCUT2D eigenvalue weighted by Crippen LogP contribution is 2.28. The predicted octanol–water partition coefficient (Wildman–Crippen LogP) is 1.87. The largest absolute Gasteiger partial charge is 0.391 e. The Morgan fingerprint density at radius 3 is 2.51 bits per heavy atom. The molecule has 3 N–H and O–H groups in total. The van der Waals surface area contributed by atoms with E-state index in [0.717, 1.165) is 21.7 Å². The van der Waals surface area contributed by atoms with Crippen molar-refractivity contribution >= 4 is 29.1 Å². The number of benzene rings is 1. The Bertz CT molecular complexity index is 1050. The molecule has 0 saturated carbocycles. The number of aryl methyl sites for hydroxylation is 1. The van der Waals surface area contributed by atoms with Crippen LogP contribution in [-0.4, -0.2) is 71.2 Å². The van der Waals surface area contributed by atoms with Gasteiger partial charge in [0.2, 0.25) is 17.7 Å². The van der Waals surface area contributed by atoms with Crippen molar-refractivity contribution in [2.45, 2.75) is 58.8 Å². The smallest absolute Gasteiger partial charge is 0.246 e. The van der Waals surface area contributed by atoms with E-state index in [1.54, 1.807) is 11.3 Å². The Morgan fingerprint density at radius 1 is 1.26 bits per heavy atom. The van der Waals surface area contributed by atoms with Gasteiger partial charge in [0.1, 0.15) is 18.7 Å². The zero-order chi connectivity index (χ0) is 25.8. The lowest BCUT2D eigenvalue weighted by molar-refractivity contribution is -0.144. The topological polar surface area (TPSA) is 121 Å². The first-order valence-corrected chi connectivity index (χ1v) is 12.4. The van der Waals surface area contributed by atoms with Crippen molar-refractivity contribution in [2.75, 3.05) is 20.3 Å². The van der Waals surface area contributed by atoms with E-state index in [9.17, 15) is 19.5 Å². The van der Waals surface area contributed by atoms with Crippen LogP contribution in [0.25, 0.3) is 10.4 Å². The number of ether oxygens (including phenoxy) is 1. The summed E-state index contributed by atoms with van der Waals surface area (Å²) in [5, 5.41) is 15.9. The Hall–Kier alpha value is -2.82. The van der Waals surface area contributed by atoms with E-state index >= 15 is 0 Å². The summed E-state index contributed by atoms with van der Waals surface area (Å²) in [5.74, 6) is -1.16. The molecule has 190 valence electrons. The monoisotopic (exact) mass is 502 g/mol. The second kappa shape index (κ2) is 11.3. The lowest BCUT2D eigenvalue weighted by Gasteiger charge is -2.35. The van der Waals surface area contributed by atoms with Gasteiger partial charge in [0.05, 0.1) is 22.2 Å². The molecule has 10 heteroatoms. The van der Waals surface area contributed by atoms with E-state index in [1.807, 2.05) is 57.5 Å². The van der Waals surface area contributed by atoms with Gasteiger partial charge in [0, 0.05) is 26.6 Å². The minimum Gasteiger partial charge on any atom is -0.391 e. The molecule has 0 aliphatic carbocycles. The third kappa shape index (κ3) is 6.65. The minimum absolute atomic E-state index is 0.0343. The van der Waals surface area contributed by atoms with E-state index < -0.39 is 35.4 Å². The van der Waals surface area contributed by atoms with Gasteiger partial charge < -0.3 is 25.4 Å². The summed E-state index contributed by atoms with van der Waals surface area (Å²) in [7, 11) is 1.40. The second-order valence-electron chi connectivity index (χ2n) is 9.88. The summed E-state index contributed by atoms with van der Waals surface area (Å²) in [6.45, 7) is 7.63. The Kier molecular flexibility index (Phi) is 8.63. The van der Waals surface area contributed by atoms with Gasteiger partial charge in [-0.25, -0.2) is 4.98 Å². The molecular formula is C25H34N4O5S. The fourth-order valence-electron chi connectivity index (χ4n) is 4.11. The Morgan fingerprint density at radius 2 is 1.94 bits per heavy atom. The van der Waals surface area contributed by atoms with Crippen molar-refractivity contribution < 1.29 is 24.2 Å². The number of β-amino-alcohol motifs (C(OH)–C–C–N with tert-alkyl or cyclic N) is 1. The van der Waals surface area contributed by atoms with Crippen molar-refractivity contribution in [1.29, 1.82) is 0 Å². The fraction of sp³-hybridized carbons (Fsp3) is 0.520. The molecule has 3 rings (SSSR count). The molecule has 1 saturated heterocycles. The summed E-state index contributed by atoms with van der Waals surface area (Å²) >= 11 is 1.58. The van der Waals surface area contributed by atoms with Gasteiger partial charge in [-0.05, 0) is 23.5 Å². The highest BCUT2D eigenvalue weighted by molar-refractivity contribution is 7.13. The molecule has 1 aromatic carbocycles. The van der Waals surface area contributed by atoms with E-state index in [2.05, 4.69) is 15.6 Å². The summed E-state index contributed by atoms with van der Waals surface area (Å²) in [6.07, 6.45) is -0.670. The predicted molar refractivity (Wildman–Crippen MR) is 134 cm³/mol. The van der Waals surface area contributed by atoms with Crippen LogP contribution >= 0.6 is 11.3 Å². The quantitative estimate of drug-likeness (QED) is 0.507. The molecular weight excluding hydrogens is 468 g/mol. The first kappa shape index (κ1) is 26.8. The number of amides is 3.